The van der Waals surface area contributed by atoms with Crippen LogP contribution in [0.25, 0.3) is 0 Å². The topological polar surface area (TPSA) is 75.6 Å². The number of nitrogens with one attached hydrogen (secondary N) is 1. The fourth-order valence-electron chi connectivity index (χ4n) is 2.49. The van der Waals surface area contributed by atoms with Gasteiger partial charge in [0, 0.05) is 12.8 Å². The van der Waals surface area contributed by atoms with Gasteiger partial charge < -0.3 is 15.2 Å². The summed E-state index contributed by atoms with van der Waals surface area (Å²) in [6.45, 7) is 9.23. The van der Waals surface area contributed by atoms with E-state index in [0.717, 1.165) is 19.3 Å². The van der Waals surface area contributed by atoms with Crippen LogP contribution in [0.15, 0.2) is 0 Å². The minimum Gasteiger partial charge on any atom is -0.478 e. The van der Waals surface area contributed by atoms with Gasteiger partial charge in [-0.3, -0.25) is 4.79 Å². The zero-order chi connectivity index (χ0) is 17.9. The zero-order valence-electron chi connectivity index (χ0n) is 15.5. The Kier molecular flexibility index (Phi) is 10.1. The number of unbranched alkanes of at least 4 members (excludes halogenated alkanes) is 6. The van der Waals surface area contributed by atoms with Crippen LogP contribution < -0.4 is 5.32 Å². The van der Waals surface area contributed by atoms with Gasteiger partial charge in [-0.05, 0) is 27.2 Å². The normalized spacial score (nSPS) is 14.3. The third-order valence-electron chi connectivity index (χ3n) is 3.67. The van der Waals surface area contributed by atoms with E-state index >= 15 is 0 Å². The van der Waals surface area contributed by atoms with E-state index in [1.165, 1.54) is 25.7 Å². The molecule has 0 heterocycles. The number of carbonyl (C=O) groups excluding carboxylic acids is 1. The zero-order valence-corrected chi connectivity index (χ0v) is 15.5. The maximum absolute atomic E-state index is 12.1. The van der Waals surface area contributed by atoms with Gasteiger partial charge in [0.15, 0.2) is 0 Å². The Bertz CT molecular complexity index is 363. The fourth-order valence-corrected chi connectivity index (χ4v) is 2.49. The number of ether oxygens (including phenoxy) is 1. The monoisotopic (exact) mass is 329 g/mol. The smallest absolute Gasteiger partial charge is 0.357 e. The fraction of sp³-hybridized carbons (Fsp3) is 0.889. The highest BCUT2D eigenvalue weighted by Gasteiger charge is 2.42. The van der Waals surface area contributed by atoms with Gasteiger partial charge in [-0.15, -0.1) is 0 Å². The molecule has 136 valence electrons. The van der Waals surface area contributed by atoms with Crippen LogP contribution in [-0.4, -0.2) is 28.3 Å². The summed E-state index contributed by atoms with van der Waals surface area (Å²) in [4.78, 5) is 23.7. The molecule has 1 atom stereocenters. The first-order valence-corrected chi connectivity index (χ1v) is 8.91. The third kappa shape index (κ3) is 9.59. The van der Waals surface area contributed by atoms with Crippen molar-refractivity contribution in [3.63, 3.8) is 0 Å². The lowest BCUT2D eigenvalue weighted by molar-refractivity contribution is -0.195. The predicted molar refractivity (Wildman–Crippen MR) is 92.2 cm³/mol. The summed E-state index contributed by atoms with van der Waals surface area (Å²) in [5.74, 6) is -1.41. The molecular weight excluding hydrogens is 294 g/mol. The van der Waals surface area contributed by atoms with Crippen LogP contribution in [0.2, 0.25) is 0 Å². The Morgan fingerprint density at radius 2 is 1.48 bits per heavy atom. The van der Waals surface area contributed by atoms with Gasteiger partial charge in [-0.1, -0.05) is 52.4 Å². The largest absolute Gasteiger partial charge is 0.478 e. The second kappa shape index (κ2) is 10.6. The first kappa shape index (κ1) is 21.9. The minimum absolute atomic E-state index is 0.183. The number of amides is 1. The number of hydrogen-bond acceptors (Lipinski definition) is 3. The first-order chi connectivity index (χ1) is 10.7. The highest BCUT2D eigenvalue weighted by atomic mass is 16.6. The molecule has 2 N–H and O–H groups in total. The lowest BCUT2D eigenvalue weighted by atomic mass is 10.1. The first-order valence-electron chi connectivity index (χ1n) is 8.91. The van der Waals surface area contributed by atoms with Gasteiger partial charge in [0.1, 0.15) is 0 Å². The van der Waals surface area contributed by atoms with Crippen molar-refractivity contribution in [3.05, 3.63) is 0 Å². The van der Waals surface area contributed by atoms with Gasteiger partial charge in [0.2, 0.25) is 11.6 Å². The summed E-state index contributed by atoms with van der Waals surface area (Å²) in [7, 11) is 0. The van der Waals surface area contributed by atoms with Crippen LogP contribution in [0.4, 0.5) is 0 Å². The van der Waals surface area contributed by atoms with Crippen LogP contribution in [0.1, 0.15) is 92.4 Å². The summed E-state index contributed by atoms with van der Waals surface area (Å²) in [6, 6.07) is 0. The van der Waals surface area contributed by atoms with E-state index in [0.29, 0.717) is 6.42 Å². The van der Waals surface area contributed by atoms with Crippen molar-refractivity contribution < 1.29 is 19.4 Å². The van der Waals surface area contributed by atoms with E-state index in [9.17, 15) is 14.7 Å². The summed E-state index contributed by atoms with van der Waals surface area (Å²) in [5.41, 5.74) is -2.29. The van der Waals surface area contributed by atoms with Crippen LogP contribution in [0.3, 0.4) is 0 Å². The molecule has 0 aromatic heterocycles. The van der Waals surface area contributed by atoms with E-state index < -0.39 is 17.3 Å². The predicted octanol–water partition coefficient (Wildman–Crippen LogP) is 4.25. The lowest BCUT2D eigenvalue weighted by Crippen LogP contribution is -2.58. The molecule has 1 unspecified atom stereocenters. The number of rotatable bonds is 12. The molecule has 0 bridgehead atoms. The van der Waals surface area contributed by atoms with Crippen molar-refractivity contribution in [3.8, 4) is 0 Å². The van der Waals surface area contributed by atoms with Crippen LogP contribution in [-0.2, 0) is 14.3 Å². The Morgan fingerprint density at radius 1 is 0.957 bits per heavy atom. The van der Waals surface area contributed by atoms with Crippen molar-refractivity contribution in [2.45, 2.75) is 104 Å². The average Bonchev–Trinajstić information content (AvgIpc) is 2.43. The van der Waals surface area contributed by atoms with E-state index in [2.05, 4.69) is 12.2 Å². The van der Waals surface area contributed by atoms with Crippen molar-refractivity contribution in [2.75, 3.05) is 0 Å². The highest BCUT2D eigenvalue weighted by molar-refractivity contribution is 5.85. The molecule has 0 rings (SSSR count). The standard InChI is InChI=1S/C18H35NO4/c1-6-8-9-10-11-12-13-14-15(20)19-18(7-2,16(21)22)23-17(3,4)5/h6-14H2,1-5H3,(H,19,20)(H,21,22). The maximum Gasteiger partial charge on any atom is 0.357 e. The van der Waals surface area contributed by atoms with E-state index in [1.807, 2.05) is 0 Å². The molecule has 0 aliphatic rings. The van der Waals surface area contributed by atoms with Gasteiger partial charge in [-0.2, -0.15) is 0 Å². The molecule has 23 heavy (non-hydrogen) atoms. The number of carbonyl (C=O) groups is 2. The van der Waals surface area contributed by atoms with E-state index in [4.69, 9.17) is 4.74 Å². The van der Waals surface area contributed by atoms with Gasteiger partial charge in [-0.25, -0.2) is 4.79 Å². The molecule has 0 aromatic carbocycles. The average molecular weight is 329 g/mol. The van der Waals surface area contributed by atoms with E-state index in [-0.39, 0.29) is 12.3 Å². The number of hydrogen-bond donors (Lipinski definition) is 2. The quantitative estimate of drug-likeness (QED) is 0.414. The summed E-state index contributed by atoms with van der Waals surface area (Å²) >= 11 is 0. The van der Waals surface area contributed by atoms with Gasteiger partial charge in [0.05, 0.1) is 5.60 Å². The summed E-state index contributed by atoms with van der Waals surface area (Å²) < 4.78 is 5.65. The van der Waals surface area contributed by atoms with Crippen LogP contribution in [0, 0.1) is 0 Å². The SMILES string of the molecule is CCCCCCCCCC(=O)NC(CC)(OC(C)(C)C)C(=O)O. The molecule has 0 fully saturated rings. The van der Waals surface area contributed by atoms with Crippen molar-refractivity contribution >= 4 is 11.9 Å². The van der Waals surface area contributed by atoms with Crippen LogP contribution in [0.5, 0.6) is 0 Å². The molecule has 0 saturated carbocycles. The number of aliphatic carboxylic acids is 1. The van der Waals surface area contributed by atoms with E-state index in [1.54, 1.807) is 27.7 Å². The molecule has 0 aromatic rings. The summed E-state index contributed by atoms with van der Waals surface area (Å²) in [6.07, 6.45) is 8.39. The Hall–Kier alpha value is -1.10. The Balaban J connectivity index is 4.32. The molecule has 5 nitrogen and oxygen atoms in total. The second-order valence-corrected chi connectivity index (χ2v) is 7.12. The van der Waals surface area contributed by atoms with Crippen molar-refractivity contribution in [1.82, 2.24) is 5.32 Å². The summed E-state index contributed by atoms with van der Waals surface area (Å²) in [5, 5.41) is 12.1. The molecule has 0 aliphatic heterocycles. The molecule has 0 radical (unpaired) electrons. The molecular formula is C18H35NO4. The molecule has 0 spiro atoms. The van der Waals surface area contributed by atoms with Gasteiger partial charge in [0.25, 0.3) is 0 Å². The Morgan fingerprint density at radius 3 is 1.91 bits per heavy atom. The van der Waals surface area contributed by atoms with Crippen molar-refractivity contribution in [2.24, 2.45) is 0 Å². The number of carboxylic acid groups (broad SMARTS) is 1. The lowest BCUT2D eigenvalue weighted by Gasteiger charge is -2.35. The molecule has 1 amide bonds. The highest BCUT2D eigenvalue weighted by Crippen LogP contribution is 2.22. The van der Waals surface area contributed by atoms with Gasteiger partial charge >= 0.3 is 5.97 Å². The maximum atomic E-state index is 12.1. The van der Waals surface area contributed by atoms with Crippen molar-refractivity contribution in [1.29, 1.82) is 0 Å². The molecule has 0 aliphatic carbocycles. The number of carboxylic acids is 1. The second-order valence-electron chi connectivity index (χ2n) is 7.12. The molecule has 0 saturated heterocycles. The minimum atomic E-state index is -1.64. The molecule has 5 heteroatoms. The Labute approximate surface area is 141 Å². The third-order valence-corrected chi connectivity index (χ3v) is 3.67. The van der Waals surface area contributed by atoms with Crippen LogP contribution >= 0.6 is 0 Å².